The van der Waals surface area contributed by atoms with Gasteiger partial charge in [-0.05, 0) is 6.92 Å². The Balaban J connectivity index is 0.000000810. The second-order valence-corrected chi connectivity index (χ2v) is 2.84. The fraction of sp³-hybridized carbons (Fsp3) is 0.875. The maximum atomic E-state index is 5.57. The summed E-state index contributed by atoms with van der Waals surface area (Å²) in [6.07, 6.45) is 4.28. The first-order chi connectivity index (χ1) is 4.24. The van der Waals surface area contributed by atoms with Crippen molar-refractivity contribution >= 4 is 0 Å². The second kappa shape index (κ2) is 4.84. The van der Waals surface area contributed by atoms with Crippen LogP contribution in [0, 0.1) is 12.3 Å². The molecule has 0 bridgehead atoms. The van der Waals surface area contributed by atoms with Crippen LogP contribution in [-0.2, 0) is 37.4 Å². The molecule has 1 saturated heterocycles. The molecule has 0 N–H and O–H groups in total. The molecule has 10 heavy (non-hydrogen) atoms. The van der Waals surface area contributed by atoms with Gasteiger partial charge < -0.3 is 4.74 Å². The summed E-state index contributed by atoms with van der Waals surface area (Å²) in [5, 5.41) is 0. The van der Waals surface area contributed by atoms with E-state index in [9.17, 15) is 0 Å². The van der Waals surface area contributed by atoms with Crippen molar-refractivity contribution in [1.29, 1.82) is 0 Å². The third-order valence-electron chi connectivity index (χ3n) is 2.05. The number of rotatable bonds is 1. The minimum Gasteiger partial charge on any atom is -0.409 e. The normalized spacial score (nSPS) is 39.3. The van der Waals surface area contributed by atoms with E-state index < -0.39 is 0 Å². The van der Waals surface area contributed by atoms with E-state index >= 15 is 0 Å². The van der Waals surface area contributed by atoms with Gasteiger partial charge in [0.1, 0.15) is 0 Å². The Morgan fingerprint density at radius 1 is 1.40 bits per heavy atom. The third kappa shape index (κ3) is 2.60. The summed E-state index contributed by atoms with van der Waals surface area (Å²) in [5.74, 6) is 0.648. The van der Waals surface area contributed by atoms with E-state index in [2.05, 4.69) is 27.2 Å². The van der Waals surface area contributed by atoms with Crippen molar-refractivity contribution in [3.05, 3.63) is 6.42 Å². The van der Waals surface area contributed by atoms with Gasteiger partial charge in [-0.3, -0.25) is 6.42 Å². The van der Waals surface area contributed by atoms with E-state index in [4.69, 9.17) is 4.74 Å². The molecule has 0 spiro atoms. The zero-order valence-corrected chi connectivity index (χ0v) is 9.84. The number of hydrogen-bond donors (Lipinski definition) is 0. The minimum atomic E-state index is 0. The standard InChI is InChI=1S/C8H15O.Y/c1-4-8-5-6(2)7(3)9-8;/h5-8H,4H2,1-3H3;/q-1;. The summed E-state index contributed by atoms with van der Waals surface area (Å²) >= 11 is 0. The summed E-state index contributed by atoms with van der Waals surface area (Å²) in [7, 11) is 0. The average molecular weight is 216 g/mol. The van der Waals surface area contributed by atoms with Crippen LogP contribution in [0.3, 0.4) is 0 Å². The van der Waals surface area contributed by atoms with Gasteiger partial charge in [0.2, 0.25) is 0 Å². The smallest absolute Gasteiger partial charge is 0.0272 e. The monoisotopic (exact) mass is 216 g/mol. The summed E-state index contributed by atoms with van der Waals surface area (Å²) in [6, 6.07) is 0. The quantitative estimate of drug-likeness (QED) is 0.609. The van der Waals surface area contributed by atoms with Gasteiger partial charge in [-0.2, -0.15) is 0 Å². The molecule has 2 heteroatoms. The van der Waals surface area contributed by atoms with E-state index in [-0.39, 0.29) is 32.7 Å². The van der Waals surface area contributed by atoms with Crippen LogP contribution < -0.4 is 0 Å². The van der Waals surface area contributed by atoms with E-state index in [1.807, 2.05) is 0 Å². The Hall–Kier alpha value is 1.06. The van der Waals surface area contributed by atoms with Crippen LogP contribution >= 0.6 is 0 Å². The van der Waals surface area contributed by atoms with Crippen molar-refractivity contribution in [3.63, 3.8) is 0 Å². The average Bonchev–Trinajstić information content (AvgIpc) is 2.13. The maximum Gasteiger partial charge on any atom is 0.0272 e. The van der Waals surface area contributed by atoms with Gasteiger partial charge in [-0.1, -0.05) is 26.4 Å². The molecule has 1 nitrogen and oxygen atoms in total. The SMILES string of the molecule is CCC1[CH-]C(C)C(C)O1.[Y]. The minimum absolute atomic E-state index is 0. The Bertz CT molecular complexity index is 85.3. The molecule has 1 aliphatic rings. The molecule has 1 radical (unpaired) electrons. The maximum absolute atomic E-state index is 5.57. The number of hydrogen-bond acceptors (Lipinski definition) is 1. The van der Waals surface area contributed by atoms with Crippen molar-refractivity contribution in [1.82, 2.24) is 0 Å². The zero-order chi connectivity index (χ0) is 6.85. The molecular weight excluding hydrogens is 201 g/mol. The first-order valence-electron chi connectivity index (χ1n) is 3.74. The molecule has 1 aliphatic heterocycles. The molecule has 0 aliphatic carbocycles. The molecule has 0 saturated carbocycles. The molecule has 0 aromatic heterocycles. The predicted octanol–water partition coefficient (Wildman–Crippen LogP) is 2.02. The fourth-order valence-electron chi connectivity index (χ4n) is 1.17. The van der Waals surface area contributed by atoms with E-state index in [1.54, 1.807) is 0 Å². The van der Waals surface area contributed by atoms with E-state index in [0.29, 0.717) is 18.1 Å². The van der Waals surface area contributed by atoms with E-state index in [0.717, 1.165) is 6.42 Å². The zero-order valence-electron chi connectivity index (χ0n) is 7.00. The molecule has 0 aromatic carbocycles. The van der Waals surface area contributed by atoms with Crippen molar-refractivity contribution in [2.45, 2.75) is 39.4 Å². The van der Waals surface area contributed by atoms with Crippen LogP contribution in [-0.4, -0.2) is 12.2 Å². The first kappa shape index (κ1) is 11.1. The fourth-order valence-corrected chi connectivity index (χ4v) is 1.17. The van der Waals surface area contributed by atoms with Gasteiger partial charge in [0.25, 0.3) is 0 Å². The summed E-state index contributed by atoms with van der Waals surface area (Å²) in [5.41, 5.74) is 0. The molecular formula is C8H15OY-. The molecule has 57 valence electrons. The molecule has 0 aromatic rings. The Morgan fingerprint density at radius 2 is 2.00 bits per heavy atom. The summed E-state index contributed by atoms with van der Waals surface area (Å²) in [4.78, 5) is 0. The van der Waals surface area contributed by atoms with E-state index in [1.165, 1.54) is 0 Å². The Labute approximate surface area is 88.8 Å². The largest absolute Gasteiger partial charge is 0.409 e. The van der Waals surface area contributed by atoms with Gasteiger partial charge in [-0.15, -0.1) is 5.92 Å². The van der Waals surface area contributed by atoms with Crippen LogP contribution in [0.2, 0.25) is 0 Å². The Morgan fingerprint density at radius 3 is 2.20 bits per heavy atom. The third-order valence-corrected chi connectivity index (χ3v) is 2.05. The second-order valence-electron chi connectivity index (χ2n) is 2.84. The van der Waals surface area contributed by atoms with Gasteiger partial charge >= 0.3 is 0 Å². The number of ether oxygens (including phenoxy) is 1. The van der Waals surface area contributed by atoms with Gasteiger partial charge in [-0.25, -0.2) is 0 Å². The van der Waals surface area contributed by atoms with Crippen LogP contribution in [0.15, 0.2) is 0 Å². The van der Waals surface area contributed by atoms with Crippen LogP contribution in [0.1, 0.15) is 27.2 Å². The molecule has 1 rings (SSSR count). The Kier molecular flexibility index (Phi) is 5.36. The summed E-state index contributed by atoms with van der Waals surface area (Å²) in [6.45, 7) is 6.50. The molecule has 1 fully saturated rings. The van der Waals surface area contributed by atoms with Crippen molar-refractivity contribution < 1.29 is 37.4 Å². The van der Waals surface area contributed by atoms with Gasteiger partial charge in [0.05, 0.1) is 0 Å². The first-order valence-corrected chi connectivity index (χ1v) is 3.74. The van der Waals surface area contributed by atoms with Crippen molar-refractivity contribution in [3.8, 4) is 0 Å². The predicted molar refractivity (Wildman–Crippen MR) is 38.1 cm³/mol. The molecule has 0 amide bonds. The van der Waals surface area contributed by atoms with Gasteiger partial charge in [0.15, 0.2) is 0 Å². The molecule has 3 unspecified atom stereocenters. The topological polar surface area (TPSA) is 9.23 Å². The van der Waals surface area contributed by atoms with Crippen LogP contribution in [0.25, 0.3) is 0 Å². The van der Waals surface area contributed by atoms with Crippen molar-refractivity contribution in [2.24, 2.45) is 5.92 Å². The van der Waals surface area contributed by atoms with Gasteiger partial charge in [0, 0.05) is 38.8 Å². The van der Waals surface area contributed by atoms with Crippen LogP contribution in [0.5, 0.6) is 0 Å². The van der Waals surface area contributed by atoms with Crippen LogP contribution in [0.4, 0.5) is 0 Å². The summed E-state index contributed by atoms with van der Waals surface area (Å²) < 4.78 is 5.57. The van der Waals surface area contributed by atoms with Crippen molar-refractivity contribution in [2.75, 3.05) is 0 Å². The molecule has 3 atom stereocenters. The molecule has 1 heterocycles.